The third kappa shape index (κ3) is 3.14. The van der Waals surface area contributed by atoms with E-state index in [-0.39, 0.29) is 5.97 Å². The third-order valence-electron chi connectivity index (χ3n) is 5.40. The molecule has 5 nitrogen and oxygen atoms in total. The van der Waals surface area contributed by atoms with Crippen LogP contribution in [0.2, 0.25) is 0 Å². The van der Waals surface area contributed by atoms with Crippen LogP contribution in [0.25, 0.3) is 11.0 Å². The summed E-state index contributed by atoms with van der Waals surface area (Å²) in [5.74, 6) is 1.36. The number of ether oxygens (including phenoxy) is 1. The fourth-order valence-electron chi connectivity index (χ4n) is 4.05. The van der Waals surface area contributed by atoms with Gasteiger partial charge < -0.3 is 9.30 Å². The Labute approximate surface area is 157 Å². The monoisotopic (exact) mass is 369 g/mol. The normalized spacial score (nSPS) is 20.4. The lowest BCUT2D eigenvalue weighted by Crippen LogP contribution is -2.22. The summed E-state index contributed by atoms with van der Waals surface area (Å²) >= 11 is 1.66. The van der Waals surface area contributed by atoms with Gasteiger partial charge in [0.2, 0.25) is 0 Å². The highest BCUT2D eigenvalue weighted by Gasteiger charge is 2.27. The van der Waals surface area contributed by atoms with Crippen LogP contribution < -0.4 is 0 Å². The predicted octanol–water partition coefficient (Wildman–Crippen LogP) is 4.62. The summed E-state index contributed by atoms with van der Waals surface area (Å²) in [6.45, 7) is 2.34. The molecule has 6 heteroatoms. The fourth-order valence-corrected chi connectivity index (χ4v) is 4.65. The summed E-state index contributed by atoms with van der Waals surface area (Å²) in [5.41, 5.74) is 4.38. The van der Waals surface area contributed by atoms with Crippen LogP contribution in [0.3, 0.4) is 0 Å². The first-order valence-electron chi connectivity index (χ1n) is 9.14. The molecule has 0 aliphatic heterocycles. The summed E-state index contributed by atoms with van der Waals surface area (Å²) in [7, 11) is 1.41. The molecule has 4 rings (SSSR count). The number of thiazole rings is 1. The van der Waals surface area contributed by atoms with E-state index >= 15 is 0 Å². The number of hydrogen-bond donors (Lipinski definition) is 0. The smallest absolute Gasteiger partial charge is 0.337 e. The molecule has 1 aliphatic rings. The number of esters is 1. The largest absolute Gasteiger partial charge is 0.465 e. The van der Waals surface area contributed by atoms with E-state index in [9.17, 15) is 4.79 Å². The van der Waals surface area contributed by atoms with Crippen molar-refractivity contribution in [3.05, 3.63) is 46.2 Å². The van der Waals surface area contributed by atoms with Gasteiger partial charge in [-0.05, 0) is 37.0 Å². The zero-order valence-corrected chi connectivity index (χ0v) is 16.0. The molecular weight excluding hydrogens is 346 g/mol. The van der Waals surface area contributed by atoms with E-state index in [2.05, 4.69) is 16.5 Å². The highest BCUT2D eigenvalue weighted by molar-refractivity contribution is 7.09. The molecule has 26 heavy (non-hydrogen) atoms. The highest BCUT2D eigenvalue weighted by atomic mass is 32.1. The van der Waals surface area contributed by atoms with Crippen molar-refractivity contribution in [1.29, 1.82) is 0 Å². The number of hydrogen-bond acceptors (Lipinski definition) is 5. The second-order valence-corrected chi connectivity index (χ2v) is 8.04. The molecule has 1 fully saturated rings. The molecule has 3 aromatic rings. The molecule has 0 radical (unpaired) electrons. The topological polar surface area (TPSA) is 57.0 Å². The molecule has 0 saturated heterocycles. The summed E-state index contributed by atoms with van der Waals surface area (Å²) in [4.78, 5) is 22.2. The minimum Gasteiger partial charge on any atom is -0.465 e. The quantitative estimate of drug-likeness (QED) is 0.630. The van der Waals surface area contributed by atoms with E-state index in [1.165, 1.54) is 37.7 Å². The van der Waals surface area contributed by atoms with E-state index in [0.717, 1.165) is 23.3 Å². The van der Waals surface area contributed by atoms with Crippen molar-refractivity contribution in [3.8, 4) is 0 Å². The van der Waals surface area contributed by atoms with E-state index < -0.39 is 0 Å². The third-order valence-corrected chi connectivity index (χ3v) is 6.18. The number of rotatable bonds is 4. The Hall–Kier alpha value is -2.21. The molecule has 1 saturated carbocycles. The highest BCUT2D eigenvalue weighted by Crippen LogP contribution is 2.37. The first kappa shape index (κ1) is 17.2. The van der Waals surface area contributed by atoms with Gasteiger partial charge in [-0.2, -0.15) is 0 Å². The van der Waals surface area contributed by atoms with Crippen molar-refractivity contribution in [3.63, 3.8) is 0 Å². The van der Waals surface area contributed by atoms with Gasteiger partial charge in [0.05, 0.1) is 29.2 Å². The number of nitrogens with zero attached hydrogens (tertiary/aromatic N) is 3. The number of methoxy groups -OCH3 is 1. The van der Waals surface area contributed by atoms with Crippen molar-refractivity contribution >= 4 is 28.3 Å². The predicted molar refractivity (Wildman–Crippen MR) is 103 cm³/mol. The molecule has 0 spiro atoms. The van der Waals surface area contributed by atoms with Gasteiger partial charge in [-0.1, -0.05) is 19.8 Å². The first-order chi connectivity index (χ1) is 12.7. The van der Waals surface area contributed by atoms with Crippen LogP contribution >= 0.6 is 11.3 Å². The molecule has 1 aliphatic carbocycles. The zero-order chi connectivity index (χ0) is 18.1. The van der Waals surface area contributed by atoms with Gasteiger partial charge in [-0.3, -0.25) is 4.98 Å². The Kier molecular flexibility index (Phi) is 4.76. The van der Waals surface area contributed by atoms with Crippen molar-refractivity contribution < 1.29 is 9.53 Å². The van der Waals surface area contributed by atoms with Gasteiger partial charge in [0.15, 0.2) is 0 Å². The molecule has 2 aromatic heterocycles. The second kappa shape index (κ2) is 7.19. The van der Waals surface area contributed by atoms with E-state index in [4.69, 9.17) is 9.72 Å². The number of carbonyl (C=O) groups is 1. The lowest BCUT2D eigenvalue weighted by molar-refractivity contribution is 0.0601. The molecule has 0 amide bonds. The molecular formula is C20H23N3O2S. The Morgan fingerprint density at radius 3 is 2.92 bits per heavy atom. The van der Waals surface area contributed by atoms with Crippen LogP contribution in [0.4, 0.5) is 0 Å². The maximum atomic E-state index is 11.9. The fraction of sp³-hybridized carbons (Fsp3) is 0.450. The van der Waals surface area contributed by atoms with Gasteiger partial charge in [-0.15, -0.1) is 11.3 Å². The van der Waals surface area contributed by atoms with Crippen LogP contribution in [0.5, 0.6) is 0 Å². The minimum absolute atomic E-state index is 0.323. The van der Waals surface area contributed by atoms with Crippen molar-refractivity contribution in [1.82, 2.24) is 14.5 Å². The SMILES string of the molecule is COC(=O)c1ccc2c(c1)nc(Cc1cncs1)n2[C@@H]1CCCC[C@H]1C. The van der Waals surface area contributed by atoms with Crippen LogP contribution in [0, 0.1) is 5.92 Å². The van der Waals surface area contributed by atoms with Crippen LogP contribution in [-0.2, 0) is 11.2 Å². The Morgan fingerprint density at radius 2 is 2.19 bits per heavy atom. The maximum Gasteiger partial charge on any atom is 0.337 e. The van der Waals surface area contributed by atoms with Gasteiger partial charge in [0, 0.05) is 23.5 Å². The summed E-state index contributed by atoms with van der Waals surface area (Å²) in [6, 6.07) is 6.17. The molecule has 0 unspecified atom stereocenters. The first-order valence-corrected chi connectivity index (χ1v) is 10.0. The molecule has 2 atom stereocenters. The van der Waals surface area contributed by atoms with Crippen molar-refractivity contribution in [2.24, 2.45) is 5.92 Å². The van der Waals surface area contributed by atoms with Crippen molar-refractivity contribution in [2.75, 3.05) is 7.11 Å². The average molecular weight is 369 g/mol. The Morgan fingerprint density at radius 1 is 1.35 bits per heavy atom. The van der Waals surface area contributed by atoms with Gasteiger partial charge >= 0.3 is 5.97 Å². The Balaban J connectivity index is 1.83. The van der Waals surface area contributed by atoms with Gasteiger partial charge in [-0.25, -0.2) is 9.78 Å². The van der Waals surface area contributed by atoms with Crippen LogP contribution in [0.1, 0.15) is 59.7 Å². The summed E-state index contributed by atoms with van der Waals surface area (Å²) in [6.07, 6.45) is 7.69. The van der Waals surface area contributed by atoms with Gasteiger partial charge in [0.1, 0.15) is 5.82 Å². The van der Waals surface area contributed by atoms with E-state index in [1.807, 2.05) is 29.9 Å². The van der Waals surface area contributed by atoms with E-state index in [0.29, 0.717) is 17.5 Å². The van der Waals surface area contributed by atoms with E-state index in [1.54, 1.807) is 11.3 Å². The average Bonchev–Trinajstić information content (AvgIpc) is 3.28. The number of imidazole rings is 1. The van der Waals surface area contributed by atoms with Crippen LogP contribution in [0.15, 0.2) is 29.9 Å². The lowest BCUT2D eigenvalue weighted by Gasteiger charge is -2.31. The molecule has 0 bridgehead atoms. The van der Waals surface area contributed by atoms with Gasteiger partial charge in [0.25, 0.3) is 0 Å². The minimum atomic E-state index is -0.323. The van der Waals surface area contributed by atoms with Crippen LogP contribution in [-0.4, -0.2) is 27.6 Å². The second-order valence-electron chi connectivity index (χ2n) is 7.07. The summed E-state index contributed by atoms with van der Waals surface area (Å²) in [5, 5.41) is 0. The summed E-state index contributed by atoms with van der Waals surface area (Å²) < 4.78 is 7.28. The molecule has 136 valence electrons. The standard InChI is InChI=1S/C20H23N3O2S/c1-13-5-3-4-6-17(13)23-18-8-7-14(20(24)25-2)9-16(18)22-19(23)10-15-11-21-12-26-15/h7-9,11-13,17H,3-6,10H2,1-2H3/t13-,17-/m1/s1. The number of benzene rings is 1. The number of carbonyl (C=O) groups excluding carboxylic acids is 1. The molecule has 1 aromatic carbocycles. The number of aromatic nitrogens is 3. The zero-order valence-electron chi connectivity index (χ0n) is 15.1. The number of fused-ring (bicyclic) bond motifs is 1. The lowest BCUT2D eigenvalue weighted by atomic mass is 9.85. The van der Waals surface area contributed by atoms with Crippen molar-refractivity contribution in [2.45, 2.75) is 45.1 Å². The molecule has 0 N–H and O–H groups in total. The maximum absolute atomic E-state index is 11.9. The molecule has 2 heterocycles. The Bertz CT molecular complexity index is 917.